The molecule has 2 nitrogen and oxygen atoms in total. The molecule has 2 heteroatoms. The van der Waals surface area contributed by atoms with Crippen molar-refractivity contribution in [1.82, 2.24) is 0 Å². The van der Waals surface area contributed by atoms with Crippen molar-refractivity contribution in [2.75, 3.05) is 0 Å². The van der Waals surface area contributed by atoms with Gasteiger partial charge >= 0.3 is 0 Å². The van der Waals surface area contributed by atoms with Crippen molar-refractivity contribution < 1.29 is 9.84 Å². The zero-order valence-electron chi connectivity index (χ0n) is 10.8. The van der Waals surface area contributed by atoms with Crippen LogP contribution in [0.25, 0.3) is 0 Å². The van der Waals surface area contributed by atoms with Crippen LogP contribution in [0.3, 0.4) is 0 Å². The standard InChI is InChI=1S/C16H22O2/c1-2-6-15-11-14(17)12-16(18-15)10-9-13-7-4-3-5-8-13/h2-5,7-8,14-17H,1,6,9-12H2/t14-,15+,16-/m1/s1. The molecule has 2 rings (SSSR count). The van der Waals surface area contributed by atoms with Crippen molar-refractivity contribution >= 4 is 0 Å². The van der Waals surface area contributed by atoms with E-state index in [0.717, 1.165) is 32.1 Å². The van der Waals surface area contributed by atoms with Gasteiger partial charge < -0.3 is 9.84 Å². The first-order chi connectivity index (χ1) is 8.78. The second-order valence-electron chi connectivity index (χ2n) is 5.05. The lowest BCUT2D eigenvalue weighted by Crippen LogP contribution is -2.35. The normalized spacial score (nSPS) is 27.9. The van der Waals surface area contributed by atoms with Crippen LogP contribution in [0.15, 0.2) is 43.0 Å². The molecule has 1 aliphatic heterocycles. The highest BCUT2D eigenvalue weighted by Crippen LogP contribution is 2.25. The number of benzene rings is 1. The van der Waals surface area contributed by atoms with Crippen LogP contribution < -0.4 is 0 Å². The molecule has 0 amide bonds. The molecule has 1 heterocycles. The van der Waals surface area contributed by atoms with E-state index in [1.165, 1.54) is 5.56 Å². The van der Waals surface area contributed by atoms with Crippen LogP contribution in [0.5, 0.6) is 0 Å². The van der Waals surface area contributed by atoms with Crippen molar-refractivity contribution in [3.63, 3.8) is 0 Å². The summed E-state index contributed by atoms with van der Waals surface area (Å²) in [5.41, 5.74) is 1.33. The molecule has 0 unspecified atom stereocenters. The van der Waals surface area contributed by atoms with Crippen molar-refractivity contribution in [2.24, 2.45) is 0 Å². The quantitative estimate of drug-likeness (QED) is 0.809. The van der Waals surface area contributed by atoms with Gasteiger partial charge in [-0.05, 0) is 37.7 Å². The third kappa shape index (κ3) is 3.97. The lowest BCUT2D eigenvalue weighted by Gasteiger charge is -2.33. The fraction of sp³-hybridized carbons (Fsp3) is 0.500. The second kappa shape index (κ2) is 6.72. The van der Waals surface area contributed by atoms with Crippen LogP contribution in [0.4, 0.5) is 0 Å². The Balaban J connectivity index is 1.83. The summed E-state index contributed by atoms with van der Waals surface area (Å²) in [6, 6.07) is 10.4. The van der Waals surface area contributed by atoms with E-state index < -0.39 is 0 Å². The number of aryl methyl sites for hydroxylation is 1. The lowest BCUT2D eigenvalue weighted by molar-refractivity contribution is -0.0958. The first-order valence-corrected chi connectivity index (χ1v) is 6.76. The predicted octanol–water partition coefficient (Wildman–Crippen LogP) is 3.10. The van der Waals surface area contributed by atoms with Crippen LogP contribution in [0.1, 0.15) is 31.2 Å². The summed E-state index contributed by atoms with van der Waals surface area (Å²) in [5, 5.41) is 9.86. The third-order valence-electron chi connectivity index (χ3n) is 3.48. The van der Waals surface area contributed by atoms with Crippen molar-refractivity contribution in [3.05, 3.63) is 48.6 Å². The summed E-state index contributed by atoms with van der Waals surface area (Å²) in [5.74, 6) is 0. The number of hydrogen-bond acceptors (Lipinski definition) is 2. The Labute approximate surface area is 109 Å². The van der Waals surface area contributed by atoms with E-state index in [1.807, 2.05) is 12.1 Å². The van der Waals surface area contributed by atoms with E-state index >= 15 is 0 Å². The minimum Gasteiger partial charge on any atom is -0.393 e. The van der Waals surface area contributed by atoms with Gasteiger partial charge in [0.1, 0.15) is 0 Å². The molecule has 0 spiro atoms. The van der Waals surface area contributed by atoms with Gasteiger partial charge in [0.05, 0.1) is 18.3 Å². The molecule has 0 aliphatic carbocycles. The molecule has 1 saturated heterocycles. The van der Waals surface area contributed by atoms with Gasteiger partial charge in [-0.1, -0.05) is 36.4 Å². The fourth-order valence-electron chi connectivity index (χ4n) is 2.58. The Morgan fingerprint density at radius 2 is 1.94 bits per heavy atom. The van der Waals surface area contributed by atoms with E-state index in [0.29, 0.717) is 0 Å². The van der Waals surface area contributed by atoms with Crippen molar-refractivity contribution in [3.8, 4) is 0 Å². The van der Waals surface area contributed by atoms with Gasteiger partial charge in [-0.3, -0.25) is 0 Å². The van der Waals surface area contributed by atoms with E-state index in [4.69, 9.17) is 4.74 Å². The Hall–Kier alpha value is -1.12. The van der Waals surface area contributed by atoms with Gasteiger partial charge in [0.2, 0.25) is 0 Å². The first kappa shape index (κ1) is 13.3. The molecule has 1 fully saturated rings. The smallest absolute Gasteiger partial charge is 0.0637 e. The number of hydrogen-bond donors (Lipinski definition) is 1. The molecule has 3 atom stereocenters. The highest BCUT2D eigenvalue weighted by molar-refractivity contribution is 5.14. The minimum atomic E-state index is -0.218. The molecule has 98 valence electrons. The van der Waals surface area contributed by atoms with Gasteiger partial charge in [-0.2, -0.15) is 0 Å². The molecule has 0 bridgehead atoms. The van der Waals surface area contributed by atoms with Gasteiger partial charge in [0.15, 0.2) is 0 Å². The monoisotopic (exact) mass is 246 g/mol. The molecule has 1 aromatic rings. The molecule has 0 aromatic heterocycles. The summed E-state index contributed by atoms with van der Waals surface area (Å²) >= 11 is 0. The average molecular weight is 246 g/mol. The molecule has 1 N–H and O–H groups in total. The Morgan fingerprint density at radius 1 is 1.22 bits per heavy atom. The maximum absolute atomic E-state index is 9.86. The summed E-state index contributed by atoms with van der Waals surface area (Å²) in [6.45, 7) is 3.74. The topological polar surface area (TPSA) is 29.5 Å². The van der Waals surface area contributed by atoms with Crippen LogP contribution >= 0.6 is 0 Å². The predicted molar refractivity (Wildman–Crippen MR) is 73.5 cm³/mol. The molecule has 0 radical (unpaired) electrons. The number of aliphatic hydroxyl groups excluding tert-OH is 1. The van der Waals surface area contributed by atoms with E-state index in [1.54, 1.807) is 0 Å². The Morgan fingerprint density at radius 3 is 2.67 bits per heavy atom. The minimum absolute atomic E-state index is 0.145. The van der Waals surface area contributed by atoms with Crippen LogP contribution in [-0.4, -0.2) is 23.4 Å². The average Bonchev–Trinajstić information content (AvgIpc) is 2.37. The SMILES string of the molecule is C=CC[C@H]1C[C@@H](O)C[C@@H](CCc2ccccc2)O1. The number of rotatable bonds is 5. The second-order valence-corrected chi connectivity index (χ2v) is 5.05. The molecule has 1 aromatic carbocycles. The van der Waals surface area contributed by atoms with Crippen LogP contribution in [0.2, 0.25) is 0 Å². The van der Waals surface area contributed by atoms with Gasteiger partial charge in [0, 0.05) is 0 Å². The zero-order chi connectivity index (χ0) is 12.8. The third-order valence-corrected chi connectivity index (χ3v) is 3.48. The van der Waals surface area contributed by atoms with Crippen molar-refractivity contribution in [1.29, 1.82) is 0 Å². The van der Waals surface area contributed by atoms with E-state index in [9.17, 15) is 5.11 Å². The largest absolute Gasteiger partial charge is 0.393 e. The van der Waals surface area contributed by atoms with Gasteiger partial charge in [0.25, 0.3) is 0 Å². The molecule has 1 aliphatic rings. The lowest BCUT2D eigenvalue weighted by atomic mass is 9.95. The van der Waals surface area contributed by atoms with E-state index in [2.05, 4.69) is 30.8 Å². The van der Waals surface area contributed by atoms with Gasteiger partial charge in [-0.25, -0.2) is 0 Å². The summed E-state index contributed by atoms with van der Waals surface area (Å²) < 4.78 is 5.99. The summed E-state index contributed by atoms with van der Waals surface area (Å²) in [7, 11) is 0. The van der Waals surface area contributed by atoms with Gasteiger partial charge in [-0.15, -0.1) is 6.58 Å². The highest BCUT2D eigenvalue weighted by Gasteiger charge is 2.27. The van der Waals surface area contributed by atoms with E-state index in [-0.39, 0.29) is 18.3 Å². The Kier molecular flexibility index (Phi) is 4.97. The summed E-state index contributed by atoms with van der Waals surface area (Å²) in [6.07, 6.45) is 6.31. The van der Waals surface area contributed by atoms with Crippen LogP contribution in [0, 0.1) is 0 Å². The van der Waals surface area contributed by atoms with Crippen molar-refractivity contribution in [2.45, 2.75) is 50.4 Å². The Bertz CT molecular complexity index is 361. The maximum atomic E-state index is 9.86. The van der Waals surface area contributed by atoms with Crippen LogP contribution in [-0.2, 0) is 11.2 Å². The number of ether oxygens (including phenoxy) is 1. The fourth-order valence-corrected chi connectivity index (χ4v) is 2.58. The first-order valence-electron chi connectivity index (χ1n) is 6.76. The molecule has 18 heavy (non-hydrogen) atoms. The highest BCUT2D eigenvalue weighted by atomic mass is 16.5. The molecular weight excluding hydrogens is 224 g/mol. The summed E-state index contributed by atoms with van der Waals surface area (Å²) in [4.78, 5) is 0. The molecule has 0 saturated carbocycles. The number of aliphatic hydroxyl groups is 1. The zero-order valence-corrected chi connectivity index (χ0v) is 10.8. The molecular formula is C16H22O2. The maximum Gasteiger partial charge on any atom is 0.0637 e.